The summed E-state index contributed by atoms with van der Waals surface area (Å²) in [6.45, 7) is 0.791. The Bertz CT molecular complexity index is 893. The van der Waals surface area contributed by atoms with Gasteiger partial charge in [0.2, 0.25) is 0 Å². The largest absolute Gasteiger partial charge is 0.462 e. The van der Waals surface area contributed by atoms with Crippen molar-refractivity contribution in [3.05, 3.63) is 59.3 Å². The molecule has 0 radical (unpaired) electrons. The van der Waals surface area contributed by atoms with E-state index in [4.69, 9.17) is 4.42 Å². The summed E-state index contributed by atoms with van der Waals surface area (Å²) in [5.41, 5.74) is 2.59. The summed E-state index contributed by atoms with van der Waals surface area (Å²) < 4.78 is 5.36. The number of benzene rings is 1. The molecule has 23 heavy (non-hydrogen) atoms. The topological polar surface area (TPSA) is 46.3 Å². The Labute approximate surface area is 137 Å². The van der Waals surface area contributed by atoms with E-state index in [9.17, 15) is 4.79 Å². The number of fused-ring (bicyclic) bond motifs is 2. The molecule has 1 aliphatic carbocycles. The minimum atomic E-state index is 0.0385. The van der Waals surface area contributed by atoms with Crippen LogP contribution >= 0.6 is 11.3 Å². The summed E-state index contributed by atoms with van der Waals surface area (Å²) in [6, 6.07) is 12.0. The average molecular weight is 322 g/mol. The highest BCUT2D eigenvalue weighted by Crippen LogP contribution is 2.56. The van der Waals surface area contributed by atoms with Gasteiger partial charge >= 0.3 is 0 Å². The van der Waals surface area contributed by atoms with Crippen LogP contribution in [0.25, 0.3) is 10.8 Å². The van der Waals surface area contributed by atoms with Crippen LogP contribution in [0.2, 0.25) is 0 Å². The van der Waals surface area contributed by atoms with Crippen LogP contribution in [0.1, 0.15) is 28.1 Å². The molecule has 3 heterocycles. The molecule has 1 fully saturated rings. The lowest BCUT2D eigenvalue weighted by atomic mass is 9.99. The fraction of sp³-hybridized carbons (Fsp3) is 0.222. The summed E-state index contributed by atoms with van der Waals surface area (Å²) in [7, 11) is 0. The van der Waals surface area contributed by atoms with Gasteiger partial charge in [-0.05, 0) is 36.6 Å². The quantitative estimate of drug-likeness (QED) is 0.714. The Morgan fingerprint density at radius 3 is 2.87 bits per heavy atom. The smallest absolute Gasteiger partial charge is 0.270 e. The molecule has 1 aromatic carbocycles. The molecule has 5 rings (SSSR count). The van der Waals surface area contributed by atoms with Crippen molar-refractivity contribution >= 4 is 22.9 Å². The van der Waals surface area contributed by atoms with Crippen molar-refractivity contribution < 1.29 is 9.21 Å². The number of hydrogen-bond donors (Lipinski definition) is 0. The minimum Gasteiger partial charge on any atom is -0.462 e. The van der Waals surface area contributed by atoms with Gasteiger partial charge in [0.05, 0.1) is 12.5 Å². The summed E-state index contributed by atoms with van der Waals surface area (Å²) in [4.78, 5) is 19.9. The maximum absolute atomic E-state index is 13.0. The molecule has 0 unspecified atom stereocenters. The predicted molar refractivity (Wildman–Crippen MR) is 88.8 cm³/mol. The SMILES string of the molecule is O=C(c1cnc(-c2ccco2)s1)N1CC2(CC2)c2ccccc21. The lowest BCUT2D eigenvalue weighted by molar-refractivity contribution is 0.0991. The maximum Gasteiger partial charge on any atom is 0.270 e. The van der Waals surface area contributed by atoms with Gasteiger partial charge in [0.25, 0.3) is 5.91 Å². The molecule has 0 saturated heterocycles. The first kappa shape index (κ1) is 13.1. The Kier molecular flexibility index (Phi) is 2.59. The van der Waals surface area contributed by atoms with Crippen molar-refractivity contribution in [3.8, 4) is 10.8 Å². The zero-order valence-electron chi connectivity index (χ0n) is 12.4. The van der Waals surface area contributed by atoms with Crippen LogP contribution in [0, 0.1) is 0 Å². The van der Waals surface area contributed by atoms with Crippen molar-refractivity contribution in [1.29, 1.82) is 0 Å². The van der Waals surface area contributed by atoms with Gasteiger partial charge in [-0.15, -0.1) is 11.3 Å². The first-order valence-electron chi connectivity index (χ1n) is 7.68. The van der Waals surface area contributed by atoms with Crippen LogP contribution in [0.3, 0.4) is 0 Å². The van der Waals surface area contributed by atoms with Gasteiger partial charge < -0.3 is 9.32 Å². The van der Waals surface area contributed by atoms with Gasteiger partial charge in [-0.3, -0.25) is 4.79 Å². The summed E-state index contributed by atoms with van der Waals surface area (Å²) in [5.74, 6) is 0.742. The first-order valence-corrected chi connectivity index (χ1v) is 8.50. The van der Waals surface area contributed by atoms with Gasteiger partial charge in [-0.2, -0.15) is 0 Å². The fourth-order valence-corrected chi connectivity index (χ4v) is 4.24. The van der Waals surface area contributed by atoms with Crippen LogP contribution in [0.5, 0.6) is 0 Å². The molecular formula is C18H14N2O2S. The number of carbonyl (C=O) groups excluding carboxylic acids is 1. The lowest BCUT2D eigenvalue weighted by Gasteiger charge is -2.16. The third kappa shape index (κ3) is 1.90. The van der Waals surface area contributed by atoms with Crippen LogP contribution in [-0.4, -0.2) is 17.4 Å². The maximum atomic E-state index is 13.0. The van der Waals surface area contributed by atoms with E-state index in [1.54, 1.807) is 12.5 Å². The Morgan fingerprint density at radius 2 is 2.09 bits per heavy atom. The second kappa shape index (κ2) is 4.55. The van der Waals surface area contributed by atoms with E-state index in [1.807, 2.05) is 23.1 Å². The summed E-state index contributed by atoms with van der Waals surface area (Å²) in [5, 5.41) is 0.743. The molecule has 114 valence electrons. The van der Waals surface area contributed by atoms with E-state index in [-0.39, 0.29) is 11.3 Å². The Morgan fingerprint density at radius 1 is 1.22 bits per heavy atom. The second-order valence-corrected chi connectivity index (χ2v) is 7.23. The average Bonchev–Trinajstić information content (AvgIpc) is 3.01. The first-order chi connectivity index (χ1) is 11.3. The van der Waals surface area contributed by atoms with Crippen molar-refractivity contribution in [1.82, 2.24) is 4.98 Å². The van der Waals surface area contributed by atoms with Crippen molar-refractivity contribution in [3.63, 3.8) is 0 Å². The molecule has 0 N–H and O–H groups in total. The van der Waals surface area contributed by atoms with Crippen LogP contribution in [0.4, 0.5) is 5.69 Å². The van der Waals surface area contributed by atoms with Gasteiger partial charge in [-0.1, -0.05) is 18.2 Å². The number of amides is 1. The highest BCUT2D eigenvalue weighted by atomic mass is 32.1. The summed E-state index contributed by atoms with van der Waals surface area (Å²) in [6.07, 6.45) is 5.62. The van der Waals surface area contributed by atoms with Crippen LogP contribution in [-0.2, 0) is 5.41 Å². The van der Waals surface area contributed by atoms with Crippen molar-refractivity contribution in [2.45, 2.75) is 18.3 Å². The third-order valence-corrected chi connectivity index (χ3v) is 5.77. The van der Waals surface area contributed by atoms with E-state index in [2.05, 4.69) is 23.2 Å². The lowest BCUT2D eigenvalue weighted by Crippen LogP contribution is -2.30. The minimum absolute atomic E-state index is 0.0385. The molecule has 3 aromatic rings. The number of thiazole rings is 1. The van der Waals surface area contributed by atoms with Crippen LogP contribution < -0.4 is 4.90 Å². The number of carbonyl (C=O) groups is 1. The number of anilines is 1. The Balaban J connectivity index is 1.50. The Hall–Kier alpha value is -2.40. The molecule has 1 saturated carbocycles. The number of furan rings is 1. The molecule has 4 nitrogen and oxygen atoms in total. The molecule has 0 bridgehead atoms. The van der Waals surface area contributed by atoms with Gasteiger partial charge in [-0.25, -0.2) is 4.98 Å². The highest BCUT2D eigenvalue weighted by molar-refractivity contribution is 7.17. The van der Waals surface area contributed by atoms with Crippen molar-refractivity contribution in [2.24, 2.45) is 0 Å². The van der Waals surface area contributed by atoms with Crippen molar-refractivity contribution in [2.75, 3.05) is 11.4 Å². The van der Waals surface area contributed by atoms with Gasteiger partial charge in [0.15, 0.2) is 10.8 Å². The standard InChI is InChI=1S/C18H14N2O2S/c21-17(15-10-19-16(23-15)14-6-3-9-22-14)20-11-18(7-8-18)12-4-1-2-5-13(12)20/h1-6,9-10H,7-8,11H2. The number of hydrogen-bond acceptors (Lipinski definition) is 4. The number of rotatable bonds is 2. The van der Waals surface area contributed by atoms with E-state index in [0.717, 1.165) is 17.2 Å². The number of aromatic nitrogens is 1. The van der Waals surface area contributed by atoms with E-state index < -0.39 is 0 Å². The van der Waals surface area contributed by atoms with Crippen LogP contribution in [0.15, 0.2) is 53.3 Å². The molecule has 2 aromatic heterocycles. The third-order valence-electron chi connectivity index (χ3n) is 4.77. The molecule has 1 aliphatic heterocycles. The molecule has 0 atom stereocenters. The van der Waals surface area contributed by atoms with E-state index in [1.165, 1.54) is 29.7 Å². The molecule has 5 heteroatoms. The highest BCUT2D eigenvalue weighted by Gasteiger charge is 2.52. The predicted octanol–water partition coefficient (Wildman–Crippen LogP) is 4.10. The molecular weight excluding hydrogens is 308 g/mol. The molecule has 1 spiro atoms. The van der Waals surface area contributed by atoms with E-state index >= 15 is 0 Å². The number of para-hydroxylation sites is 1. The monoisotopic (exact) mass is 322 g/mol. The summed E-state index contributed by atoms with van der Waals surface area (Å²) >= 11 is 1.38. The van der Waals surface area contributed by atoms with E-state index in [0.29, 0.717) is 10.6 Å². The fourth-order valence-electron chi connectivity index (χ4n) is 3.41. The number of nitrogens with zero attached hydrogens (tertiary/aromatic N) is 2. The van der Waals surface area contributed by atoms with Gasteiger partial charge in [0, 0.05) is 17.6 Å². The zero-order valence-corrected chi connectivity index (χ0v) is 13.2. The molecule has 1 amide bonds. The van der Waals surface area contributed by atoms with Gasteiger partial charge in [0.1, 0.15) is 4.88 Å². The molecule has 2 aliphatic rings. The zero-order chi connectivity index (χ0) is 15.4. The second-order valence-electron chi connectivity index (χ2n) is 6.20. The normalized spacial score (nSPS) is 17.5.